The maximum absolute atomic E-state index is 5.29. The molecule has 1 atom stereocenters. The minimum atomic E-state index is 0.406. The molecule has 1 aromatic heterocycles. The molecule has 0 saturated carbocycles. The lowest BCUT2D eigenvalue weighted by molar-refractivity contribution is 0.414. The van der Waals surface area contributed by atoms with Gasteiger partial charge in [0.25, 0.3) is 0 Å². The molecule has 0 fully saturated rings. The maximum atomic E-state index is 5.29. The summed E-state index contributed by atoms with van der Waals surface area (Å²) < 4.78 is 10.4. The Labute approximate surface area is 108 Å². The van der Waals surface area contributed by atoms with E-state index in [0.29, 0.717) is 6.04 Å². The van der Waals surface area contributed by atoms with Crippen molar-refractivity contribution in [1.82, 2.24) is 5.32 Å². The van der Waals surface area contributed by atoms with Crippen LogP contribution in [-0.4, -0.2) is 13.2 Å². The number of ether oxygens (including phenoxy) is 1. The molecule has 3 nitrogen and oxygen atoms in total. The van der Waals surface area contributed by atoms with Gasteiger partial charge in [-0.1, -0.05) is 12.1 Å². The Kier molecular flexibility index (Phi) is 4.42. The van der Waals surface area contributed by atoms with Crippen LogP contribution in [0.5, 0.6) is 5.75 Å². The van der Waals surface area contributed by atoms with E-state index in [9.17, 15) is 0 Å². The van der Waals surface area contributed by atoms with E-state index in [-0.39, 0.29) is 0 Å². The Morgan fingerprint density at radius 3 is 2.61 bits per heavy atom. The predicted molar refractivity (Wildman–Crippen MR) is 71.7 cm³/mol. The summed E-state index contributed by atoms with van der Waals surface area (Å²) in [5.74, 6) is 1.87. The van der Waals surface area contributed by atoms with E-state index in [4.69, 9.17) is 9.15 Å². The van der Waals surface area contributed by atoms with Crippen molar-refractivity contribution in [2.45, 2.75) is 25.9 Å². The van der Waals surface area contributed by atoms with E-state index in [0.717, 1.165) is 24.5 Å². The van der Waals surface area contributed by atoms with Gasteiger partial charge in [0, 0.05) is 6.04 Å². The molecule has 0 aliphatic rings. The van der Waals surface area contributed by atoms with Gasteiger partial charge >= 0.3 is 0 Å². The van der Waals surface area contributed by atoms with E-state index < -0.39 is 0 Å². The molecule has 1 aromatic carbocycles. The lowest BCUT2D eigenvalue weighted by Gasteiger charge is -2.13. The first-order chi connectivity index (χ1) is 8.78. The SMILES string of the molecule is COc1ccc(C[C@H](C)NCc2ccco2)cc1. The minimum Gasteiger partial charge on any atom is -0.497 e. The summed E-state index contributed by atoms with van der Waals surface area (Å²) in [6, 6.07) is 12.5. The van der Waals surface area contributed by atoms with Crippen molar-refractivity contribution in [1.29, 1.82) is 0 Å². The molecular weight excluding hydrogens is 226 g/mol. The molecule has 0 aliphatic carbocycles. The molecule has 0 aliphatic heterocycles. The van der Waals surface area contributed by atoms with Crippen LogP contribution in [0.1, 0.15) is 18.2 Å². The molecule has 1 N–H and O–H groups in total. The molecule has 2 rings (SSSR count). The number of rotatable bonds is 6. The molecule has 0 unspecified atom stereocenters. The summed E-state index contributed by atoms with van der Waals surface area (Å²) >= 11 is 0. The van der Waals surface area contributed by atoms with Crippen LogP contribution >= 0.6 is 0 Å². The fourth-order valence-electron chi connectivity index (χ4n) is 1.88. The summed E-state index contributed by atoms with van der Waals surface area (Å²) in [6.45, 7) is 2.94. The monoisotopic (exact) mass is 245 g/mol. The fourth-order valence-corrected chi connectivity index (χ4v) is 1.88. The predicted octanol–water partition coefficient (Wildman–Crippen LogP) is 3.01. The summed E-state index contributed by atoms with van der Waals surface area (Å²) in [4.78, 5) is 0. The Hall–Kier alpha value is -1.74. The van der Waals surface area contributed by atoms with Crippen LogP contribution in [0.25, 0.3) is 0 Å². The minimum absolute atomic E-state index is 0.406. The van der Waals surface area contributed by atoms with Crippen LogP contribution in [0, 0.1) is 0 Å². The van der Waals surface area contributed by atoms with Crippen LogP contribution in [0.3, 0.4) is 0 Å². The first-order valence-corrected chi connectivity index (χ1v) is 6.16. The highest BCUT2D eigenvalue weighted by Crippen LogP contribution is 2.12. The Morgan fingerprint density at radius 2 is 2.00 bits per heavy atom. The molecular formula is C15H19NO2. The normalized spacial score (nSPS) is 12.3. The van der Waals surface area contributed by atoms with Gasteiger partial charge in [-0.2, -0.15) is 0 Å². The van der Waals surface area contributed by atoms with Crippen molar-refractivity contribution in [2.24, 2.45) is 0 Å². The quantitative estimate of drug-likeness (QED) is 0.849. The van der Waals surface area contributed by atoms with Crippen molar-refractivity contribution in [3.63, 3.8) is 0 Å². The van der Waals surface area contributed by atoms with Crippen molar-refractivity contribution >= 4 is 0 Å². The topological polar surface area (TPSA) is 34.4 Å². The van der Waals surface area contributed by atoms with Gasteiger partial charge in [0.2, 0.25) is 0 Å². The van der Waals surface area contributed by atoms with Crippen molar-refractivity contribution < 1.29 is 9.15 Å². The molecule has 3 heteroatoms. The van der Waals surface area contributed by atoms with E-state index >= 15 is 0 Å². The summed E-state index contributed by atoms with van der Waals surface area (Å²) in [6.07, 6.45) is 2.69. The van der Waals surface area contributed by atoms with Crippen molar-refractivity contribution in [3.8, 4) is 5.75 Å². The Balaban J connectivity index is 1.80. The van der Waals surface area contributed by atoms with Gasteiger partial charge in [-0.05, 0) is 43.2 Å². The summed E-state index contributed by atoms with van der Waals surface area (Å²) in [5, 5.41) is 3.44. The third-order valence-electron chi connectivity index (χ3n) is 2.91. The van der Waals surface area contributed by atoms with Gasteiger partial charge in [-0.25, -0.2) is 0 Å². The van der Waals surface area contributed by atoms with E-state index in [1.165, 1.54) is 5.56 Å². The zero-order valence-corrected chi connectivity index (χ0v) is 10.8. The molecule has 0 spiro atoms. The van der Waals surface area contributed by atoms with Crippen molar-refractivity contribution in [3.05, 3.63) is 54.0 Å². The second-order valence-electron chi connectivity index (χ2n) is 4.41. The number of benzene rings is 1. The van der Waals surface area contributed by atoms with Crippen LogP contribution in [0.15, 0.2) is 47.1 Å². The number of nitrogens with one attached hydrogen (secondary N) is 1. The molecule has 2 aromatic rings. The highest BCUT2D eigenvalue weighted by Gasteiger charge is 2.04. The van der Waals surface area contributed by atoms with Crippen LogP contribution in [-0.2, 0) is 13.0 Å². The van der Waals surface area contributed by atoms with E-state index in [1.54, 1.807) is 13.4 Å². The molecule has 18 heavy (non-hydrogen) atoms. The number of hydrogen-bond donors (Lipinski definition) is 1. The first kappa shape index (κ1) is 12.7. The smallest absolute Gasteiger partial charge is 0.118 e. The fraction of sp³-hybridized carbons (Fsp3) is 0.333. The van der Waals surface area contributed by atoms with Crippen LogP contribution < -0.4 is 10.1 Å². The second-order valence-corrected chi connectivity index (χ2v) is 4.41. The van der Waals surface area contributed by atoms with Gasteiger partial charge in [0.1, 0.15) is 11.5 Å². The lowest BCUT2D eigenvalue weighted by atomic mass is 10.1. The number of furan rings is 1. The first-order valence-electron chi connectivity index (χ1n) is 6.16. The Bertz CT molecular complexity index is 448. The average molecular weight is 245 g/mol. The average Bonchev–Trinajstić information content (AvgIpc) is 2.90. The van der Waals surface area contributed by atoms with Gasteiger partial charge in [-0.3, -0.25) is 0 Å². The van der Waals surface area contributed by atoms with Crippen LogP contribution in [0.2, 0.25) is 0 Å². The van der Waals surface area contributed by atoms with Gasteiger partial charge in [0.15, 0.2) is 0 Å². The molecule has 0 saturated heterocycles. The lowest BCUT2D eigenvalue weighted by Crippen LogP contribution is -2.27. The zero-order valence-electron chi connectivity index (χ0n) is 10.8. The number of hydrogen-bond acceptors (Lipinski definition) is 3. The molecule has 0 amide bonds. The van der Waals surface area contributed by atoms with E-state index in [2.05, 4.69) is 24.4 Å². The largest absolute Gasteiger partial charge is 0.497 e. The van der Waals surface area contributed by atoms with E-state index in [1.807, 2.05) is 24.3 Å². The molecule has 0 radical (unpaired) electrons. The third kappa shape index (κ3) is 3.64. The van der Waals surface area contributed by atoms with Gasteiger partial charge < -0.3 is 14.5 Å². The van der Waals surface area contributed by atoms with Gasteiger partial charge in [0.05, 0.1) is 19.9 Å². The highest BCUT2D eigenvalue weighted by molar-refractivity contribution is 5.27. The molecule has 1 heterocycles. The molecule has 96 valence electrons. The molecule has 0 bridgehead atoms. The second kappa shape index (κ2) is 6.26. The van der Waals surface area contributed by atoms with Crippen molar-refractivity contribution in [2.75, 3.05) is 7.11 Å². The number of methoxy groups -OCH3 is 1. The Morgan fingerprint density at radius 1 is 1.22 bits per heavy atom. The summed E-state index contributed by atoms with van der Waals surface area (Å²) in [7, 11) is 1.68. The highest BCUT2D eigenvalue weighted by atomic mass is 16.5. The summed E-state index contributed by atoms with van der Waals surface area (Å²) in [5.41, 5.74) is 1.30. The maximum Gasteiger partial charge on any atom is 0.118 e. The standard InChI is InChI=1S/C15H19NO2/c1-12(16-11-15-4-3-9-18-15)10-13-5-7-14(17-2)8-6-13/h3-9,12,16H,10-11H2,1-2H3/t12-/m0/s1. The van der Waals surface area contributed by atoms with Gasteiger partial charge in [-0.15, -0.1) is 0 Å². The van der Waals surface area contributed by atoms with Crippen LogP contribution in [0.4, 0.5) is 0 Å². The third-order valence-corrected chi connectivity index (χ3v) is 2.91. The zero-order chi connectivity index (χ0) is 12.8.